The summed E-state index contributed by atoms with van der Waals surface area (Å²) in [5.41, 5.74) is 9.81. The second kappa shape index (κ2) is 6.45. The minimum Gasteiger partial charge on any atom is -0.444 e. The predicted octanol–water partition coefficient (Wildman–Crippen LogP) is 3.09. The molecule has 0 saturated carbocycles. The van der Waals surface area contributed by atoms with Gasteiger partial charge in [0.1, 0.15) is 5.60 Å². The Labute approximate surface area is 156 Å². The number of nitrogens with two attached hydrogens (primary N) is 1. The molecule has 4 rings (SSSR count). The van der Waals surface area contributed by atoms with Crippen LogP contribution in [0.25, 0.3) is 0 Å². The standard InChI is InChI=1S/C21H31N3O2/c1-21(2,3)26-20(25)24-18-8-9-19(24)13-23(12-18)17-7-5-14-10-16(22)6-4-15(14)11-17/h5,7,11,16,18-19H,4,6,8-10,12-13,22H2,1-3H3/t16-,18?,19?/m0/s1. The summed E-state index contributed by atoms with van der Waals surface area (Å²) in [5.74, 6) is 0. The van der Waals surface area contributed by atoms with Gasteiger partial charge in [-0.2, -0.15) is 0 Å². The summed E-state index contributed by atoms with van der Waals surface area (Å²) in [6, 6.07) is 7.66. The van der Waals surface area contributed by atoms with Crippen molar-refractivity contribution in [1.29, 1.82) is 0 Å². The number of nitrogens with zero attached hydrogens (tertiary/aromatic N) is 2. The lowest BCUT2D eigenvalue weighted by Gasteiger charge is -2.42. The number of carbonyl (C=O) groups excluding carboxylic acids is 1. The number of piperazine rings is 1. The Balaban J connectivity index is 1.48. The Morgan fingerprint density at radius 2 is 1.81 bits per heavy atom. The lowest BCUT2D eigenvalue weighted by Crippen LogP contribution is -2.56. The van der Waals surface area contributed by atoms with E-state index in [-0.39, 0.29) is 18.2 Å². The van der Waals surface area contributed by atoms with Crippen molar-refractivity contribution in [3.8, 4) is 0 Å². The van der Waals surface area contributed by atoms with E-state index < -0.39 is 5.60 Å². The second-order valence-corrected chi connectivity index (χ2v) is 9.13. The van der Waals surface area contributed by atoms with Crippen molar-refractivity contribution in [2.75, 3.05) is 18.0 Å². The molecule has 2 unspecified atom stereocenters. The zero-order valence-corrected chi connectivity index (χ0v) is 16.2. The summed E-state index contributed by atoms with van der Waals surface area (Å²) in [6.45, 7) is 7.59. The maximum atomic E-state index is 12.6. The van der Waals surface area contributed by atoms with Crippen molar-refractivity contribution in [2.24, 2.45) is 5.73 Å². The second-order valence-electron chi connectivity index (χ2n) is 9.13. The molecule has 3 aliphatic rings. The number of carbonyl (C=O) groups is 1. The molecule has 2 aliphatic heterocycles. The Bertz CT molecular complexity index is 683. The summed E-state index contributed by atoms with van der Waals surface area (Å²) < 4.78 is 5.64. The number of aryl methyl sites for hydroxylation is 1. The molecule has 2 heterocycles. The van der Waals surface area contributed by atoms with E-state index in [1.165, 1.54) is 16.8 Å². The van der Waals surface area contributed by atoms with Gasteiger partial charge in [-0.3, -0.25) is 4.90 Å². The number of benzene rings is 1. The predicted molar refractivity (Wildman–Crippen MR) is 104 cm³/mol. The molecule has 1 aromatic rings. The minimum atomic E-state index is -0.437. The molecule has 1 aliphatic carbocycles. The van der Waals surface area contributed by atoms with E-state index in [1.54, 1.807) is 0 Å². The van der Waals surface area contributed by atoms with Gasteiger partial charge in [-0.05, 0) is 76.1 Å². The van der Waals surface area contributed by atoms with Crippen molar-refractivity contribution < 1.29 is 9.53 Å². The third kappa shape index (κ3) is 3.41. The Kier molecular flexibility index (Phi) is 4.38. The zero-order chi connectivity index (χ0) is 18.5. The first kappa shape index (κ1) is 17.7. The highest BCUT2D eigenvalue weighted by Gasteiger charge is 2.44. The average molecular weight is 357 g/mol. The molecule has 1 aromatic carbocycles. The quantitative estimate of drug-likeness (QED) is 0.839. The maximum Gasteiger partial charge on any atom is 0.410 e. The molecule has 5 nitrogen and oxygen atoms in total. The van der Waals surface area contributed by atoms with Crippen LogP contribution in [0.1, 0.15) is 51.2 Å². The largest absolute Gasteiger partial charge is 0.444 e. The normalized spacial score (nSPS) is 28.1. The van der Waals surface area contributed by atoms with Gasteiger partial charge in [-0.25, -0.2) is 4.79 Å². The van der Waals surface area contributed by atoms with Crippen LogP contribution in [0.5, 0.6) is 0 Å². The fourth-order valence-electron chi connectivity index (χ4n) is 4.69. The third-order valence-corrected chi connectivity index (χ3v) is 5.91. The first-order chi connectivity index (χ1) is 12.3. The van der Waals surface area contributed by atoms with Crippen LogP contribution in [0.3, 0.4) is 0 Å². The van der Waals surface area contributed by atoms with Crippen molar-refractivity contribution in [1.82, 2.24) is 4.90 Å². The fraction of sp³-hybridized carbons (Fsp3) is 0.667. The van der Waals surface area contributed by atoms with Crippen molar-refractivity contribution in [3.63, 3.8) is 0 Å². The minimum absolute atomic E-state index is 0.149. The molecule has 142 valence electrons. The van der Waals surface area contributed by atoms with Gasteiger partial charge in [0.25, 0.3) is 0 Å². The third-order valence-electron chi connectivity index (χ3n) is 5.91. The van der Waals surface area contributed by atoms with E-state index >= 15 is 0 Å². The van der Waals surface area contributed by atoms with Gasteiger partial charge in [0.15, 0.2) is 0 Å². The SMILES string of the molecule is CC(C)(C)OC(=O)N1C2CCC1CN(c1ccc3c(c1)CC[C@H](N)C3)C2. The Morgan fingerprint density at radius 1 is 1.12 bits per heavy atom. The van der Waals surface area contributed by atoms with Gasteiger partial charge in [0.05, 0.1) is 12.1 Å². The van der Waals surface area contributed by atoms with E-state index in [9.17, 15) is 4.79 Å². The molecule has 3 atom stereocenters. The number of anilines is 1. The molecule has 1 amide bonds. The molecule has 0 aromatic heterocycles. The van der Waals surface area contributed by atoms with Crippen LogP contribution < -0.4 is 10.6 Å². The average Bonchev–Trinajstić information content (AvgIpc) is 2.83. The molecule has 26 heavy (non-hydrogen) atoms. The zero-order valence-electron chi connectivity index (χ0n) is 16.2. The molecular weight excluding hydrogens is 326 g/mol. The van der Waals surface area contributed by atoms with Gasteiger partial charge in [-0.15, -0.1) is 0 Å². The molecule has 2 bridgehead atoms. The van der Waals surface area contributed by atoms with Crippen molar-refractivity contribution in [3.05, 3.63) is 29.3 Å². The van der Waals surface area contributed by atoms with Crippen LogP contribution in [0.2, 0.25) is 0 Å². The topological polar surface area (TPSA) is 58.8 Å². The molecule has 2 N–H and O–H groups in total. The summed E-state index contributed by atoms with van der Waals surface area (Å²) in [7, 11) is 0. The number of hydrogen-bond donors (Lipinski definition) is 1. The fourth-order valence-corrected chi connectivity index (χ4v) is 4.69. The monoisotopic (exact) mass is 357 g/mol. The van der Waals surface area contributed by atoms with Crippen LogP contribution in [0.4, 0.5) is 10.5 Å². The van der Waals surface area contributed by atoms with Gasteiger partial charge in [0.2, 0.25) is 0 Å². The summed E-state index contributed by atoms with van der Waals surface area (Å²) >= 11 is 0. The first-order valence-corrected chi connectivity index (χ1v) is 9.94. The number of amides is 1. The van der Waals surface area contributed by atoms with Gasteiger partial charge in [0, 0.05) is 24.8 Å². The first-order valence-electron chi connectivity index (χ1n) is 9.94. The van der Waals surface area contributed by atoms with Gasteiger partial charge >= 0.3 is 6.09 Å². The number of ether oxygens (including phenoxy) is 1. The van der Waals surface area contributed by atoms with Crippen LogP contribution in [-0.2, 0) is 17.6 Å². The number of rotatable bonds is 1. The molecular formula is C21H31N3O2. The van der Waals surface area contributed by atoms with Crippen LogP contribution in [0, 0.1) is 0 Å². The van der Waals surface area contributed by atoms with E-state index in [2.05, 4.69) is 23.1 Å². The smallest absolute Gasteiger partial charge is 0.410 e. The van der Waals surface area contributed by atoms with E-state index in [1.807, 2.05) is 25.7 Å². The lowest BCUT2D eigenvalue weighted by atomic mass is 9.88. The van der Waals surface area contributed by atoms with E-state index in [0.717, 1.165) is 45.2 Å². The summed E-state index contributed by atoms with van der Waals surface area (Å²) in [5, 5.41) is 0. The molecule has 0 radical (unpaired) electrons. The number of hydrogen-bond acceptors (Lipinski definition) is 4. The highest BCUT2D eigenvalue weighted by atomic mass is 16.6. The molecule has 5 heteroatoms. The maximum absolute atomic E-state index is 12.6. The van der Waals surface area contributed by atoms with E-state index in [4.69, 9.17) is 10.5 Å². The molecule has 2 saturated heterocycles. The van der Waals surface area contributed by atoms with Crippen LogP contribution in [-0.4, -0.2) is 47.8 Å². The molecule has 0 spiro atoms. The van der Waals surface area contributed by atoms with E-state index in [0.29, 0.717) is 6.04 Å². The molecule has 2 fully saturated rings. The summed E-state index contributed by atoms with van der Waals surface area (Å²) in [6.07, 6.45) is 5.14. The van der Waals surface area contributed by atoms with Crippen LogP contribution in [0.15, 0.2) is 18.2 Å². The highest BCUT2D eigenvalue weighted by Crippen LogP contribution is 2.35. The number of fused-ring (bicyclic) bond motifs is 3. The van der Waals surface area contributed by atoms with Crippen LogP contribution >= 0.6 is 0 Å². The highest BCUT2D eigenvalue weighted by molar-refractivity contribution is 5.70. The summed E-state index contributed by atoms with van der Waals surface area (Å²) in [4.78, 5) is 17.1. The van der Waals surface area contributed by atoms with Gasteiger partial charge < -0.3 is 15.4 Å². The van der Waals surface area contributed by atoms with Crippen molar-refractivity contribution in [2.45, 2.75) is 76.6 Å². The Morgan fingerprint density at radius 3 is 2.46 bits per heavy atom. The lowest BCUT2D eigenvalue weighted by molar-refractivity contribution is 0.0123. The Hall–Kier alpha value is -1.75. The van der Waals surface area contributed by atoms with Crippen molar-refractivity contribution >= 4 is 11.8 Å². The van der Waals surface area contributed by atoms with Gasteiger partial charge in [-0.1, -0.05) is 6.07 Å².